The van der Waals surface area contributed by atoms with E-state index in [4.69, 9.17) is 9.47 Å². The van der Waals surface area contributed by atoms with Crippen molar-refractivity contribution >= 4 is 40.0 Å². The number of carbonyl (C=O) groups excluding carboxylic acids is 2. The fourth-order valence-electron chi connectivity index (χ4n) is 2.67. The van der Waals surface area contributed by atoms with E-state index in [-0.39, 0.29) is 18.3 Å². The van der Waals surface area contributed by atoms with Crippen LogP contribution in [0.25, 0.3) is 0 Å². The predicted molar refractivity (Wildman–Crippen MR) is 116 cm³/mol. The van der Waals surface area contributed by atoms with Crippen molar-refractivity contribution in [3.63, 3.8) is 0 Å². The van der Waals surface area contributed by atoms with Gasteiger partial charge in [-0.3, -0.25) is 4.79 Å². The standard InChI is InChI=1S/C20H22N4O4S2/c1-12-5-6-15(13(2)9-12)28-10-16-22-23-20(24(16)3)30-11-17(25)21-18-14(7-8-29-18)19(26)27-4/h5-9H,10-11H2,1-4H3,(H,21,25). The van der Waals surface area contributed by atoms with Gasteiger partial charge in [0.25, 0.3) is 0 Å². The fraction of sp³-hybridized carbons (Fsp3) is 0.300. The van der Waals surface area contributed by atoms with Crippen molar-refractivity contribution in [1.29, 1.82) is 0 Å². The zero-order valence-corrected chi connectivity index (χ0v) is 18.7. The molecule has 0 unspecified atom stereocenters. The zero-order chi connectivity index (χ0) is 21.7. The molecule has 10 heteroatoms. The first-order valence-corrected chi connectivity index (χ1v) is 10.9. The second-order valence-corrected chi connectivity index (χ2v) is 8.37. The third-order valence-electron chi connectivity index (χ3n) is 4.27. The molecule has 1 N–H and O–H groups in total. The van der Waals surface area contributed by atoms with Gasteiger partial charge in [-0.25, -0.2) is 4.79 Å². The SMILES string of the molecule is COC(=O)c1ccsc1NC(=O)CSc1nnc(COc2ccc(C)cc2C)n1C. The molecule has 0 aliphatic carbocycles. The Hall–Kier alpha value is -2.85. The molecule has 0 fully saturated rings. The number of aromatic nitrogens is 3. The summed E-state index contributed by atoms with van der Waals surface area (Å²) in [5, 5.41) is 13.8. The number of hydrogen-bond acceptors (Lipinski definition) is 8. The van der Waals surface area contributed by atoms with Crippen molar-refractivity contribution in [1.82, 2.24) is 14.8 Å². The van der Waals surface area contributed by atoms with Gasteiger partial charge in [-0.1, -0.05) is 29.5 Å². The molecule has 158 valence electrons. The van der Waals surface area contributed by atoms with Gasteiger partial charge < -0.3 is 19.4 Å². The number of thiophene rings is 1. The Morgan fingerprint density at radius 1 is 1.23 bits per heavy atom. The van der Waals surface area contributed by atoms with Crippen LogP contribution in [-0.2, 0) is 23.2 Å². The van der Waals surface area contributed by atoms with Crippen LogP contribution in [0.15, 0.2) is 34.8 Å². The van der Waals surface area contributed by atoms with E-state index >= 15 is 0 Å². The molecule has 0 aliphatic heterocycles. The quantitative estimate of drug-likeness (QED) is 0.417. The van der Waals surface area contributed by atoms with E-state index < -0.39 is 5.97 Å². The second-order valence-electron chi connectivity index (χ2n) is 6.51. The number of nitrogens with zero attached hydrogens (tertiary/aromatic N) is 3. The normalized spacial score (nSPS) is 10.7. The average molecular weight is 447 g/mol. The van der Waals surface area contributed by atoms with Crippen molar-refractivity contribution < 1.29 is 19.1 Å². The Labute approximate surface area is 182 Å². The van der Waals surface area contributed by atoms with Crippen molar-refractivity contribution in [2.24, 2.45) is 7.05 Å². The second kappa shape index (κ2) is 9.77. The molecule has 3 aromatic rings. The van der Waals surface area contributed by atoms with Crippen LogP contribution in [0.1, 0.15) is 27.3 Å². The number of amides is 1. The smallest absolute Gasteiger partial charge is 0.340 e. The van der Waals surface area contributed by atoms with Gasteiger partial charge in [0.1, 0.15) is 17.4 Å². The number of benzene rings is 1. The molecule has 30 heavy (non-hydrogen) atoms. The summed E-state index contributed by atoms with van der Waals surface area (Å²) in [6.07, 6.45) is 0. The number of hydrogen-bond donors (Lipinski definition) is 1. The fourth-order valence-corrected chi connectivity index (χ4v) is 4.19. The van der Waals surface area contributed by atoms with Gasteiger partial charge in [-0.05, 0) is 36.9 Å². The minimum absolute atomic E-state index is 0.127. The first-order chi connectivity index (χ1) is 14.4. The number of ether oxygens (including phenoxy) is 2. The Morgan fingerprint density at radius 2 is 2.03 bits per heavy atom. The van der Waals surface area contributed by atoms with Gasteiger partial charge in [0, 0.05) is 7.05 Å². The molecule has 1 aromatic carbocycles. The van der Waals surface area contributed by atoms with Crippen molar-refractivity contribution in [2.75, 3.05) is 18.2 Å². The molecule has 0 aliphatic rings. The lowest BCUT2D eigenvalue weighted by molar-refractivity contribution is -0.113. The van der Waals surface area contributed by atoms with E-state index in [1.807, 2.05) is 33.0 Å². The van der Waals surface area contributed by atoms with E-state index in [2.05, 4.69) is 21.6 Å². The van der Waals surface area contributed by atoms with Gasteiger partial charge >= 0.3 is 5.97 Å². The minimum Gasteiger partial charge on any atom is -0.485 e. The van der Waals surface area contributed by atoms with Gasteiger partial charge in [0.05, 0.1) is 18.4 Å². The van der Waals surface area contributed by atoms with Crippen LogP contribution >= 0.6 is 23.1 Å². The maximum atomic E-state index is 12.3. The molecule has 0 saturated heterocycles. The van der Waals surface area contributed by atoms with Crippen LogP contribution < -0.4 is 10.1 Å². The summed E-state index contributed by atoms with van der Waals surface area (Å²) < 4.78 is 12.4. The van der Waals surface area contributed by atoms with Crippen molar-refractivity contribution in [3.8, 4) is 5.75 Å². The Morgan fingerprint density at radius 3 is 2.77 bits per heavy atom. The third-order valence-corrected chi connectivity index (χ3v) is 6.12. The van der Waals surface area contributed by atoms with Crippen LogP contribution in [0.5, 0.6) is 5.75 Å². The largest absolute Gasteiger partial charge is 0.485 e. The van der Waals surface area contributed by atoms with Crippen LogP contribution in [-0.4, -0.2) is 39.5 Å². The van der Waals surface area contributed by atoms with Gasteiger partial charge in [0.2, 0.25) is 5.91 Å². The lowest BCUT2D eigenvalue weighted by Gasteiger charge is -2.09. The Kier molecular flexibility index (Phi) is 7.11. The van der Waals surface area contributed by atoms with Crippen LogP contribution in [0, 0.1) is 13.8 Å². The Bertz CT molecular complexity index is 1060. The predicted octanol–water partition coefficient (Wildman–Crippen LogP) is 3.59. The van der Waals surface area contributed by atoms with E-state index in [0.717, 1.165) is 11.3 Å². The molecule has 8 nitrogen and oxygen atoms in total. The van der Waals surface area contributed by atoms with E-state index in [1.54, 1.807) is 16.0 Å². The van der Waals surface area contributed by atoms with Crippen LogP contribution in [0.3, 0.4) is 0 Å². The van der Waals surface area contributed by atoms with Gasteiger partial charge in [0.15, 0.2) is 11.0 Å². The number of aryl methyl sites for hydroxylation is 2. The van der Waals surface area contributed by atoms with Gasteiger partial charge in [-0.2, -0.15) is 0 Å². The monoisotopic (exact) mass is 446 g/mol. The van der Waals surface area contributed by atoms with E-state index in [1.165, 1.54) is 35.8 Å². The number of thioether (sulfide) groups is 1. The first kappa shape index (κ1) is 21.8. The highest BCUT2D eigenvalue weighted by atomic mass is 32.2. The number of esters is 1. The van der Waals surface area contributed by atoms with Crippen LogP contribution in [0.2, 0.25) is 0 Å². The number of anilines is 1. The molecule has 0 bridgehead atoms. The van der Waals surface area contributed by atoms with Crippen LogP contribution in [0.4, 0.5) is 5.00 Å². The highest BCUT2D eigenvalue weighted by Gasteiger charge is 2.17. The molecular formula is C20H22N4O4S2. The maximum Gasteiger partial charge on any atom is 0.340 e. The molecule has 2 heterocycles. The highest BCUT2D eigenvalue weighted by Crippen LogP contribution is 2.25. The molecule has 0 saturated carbocycles. The summed E-state index contributed by atoms with van der Waals surface area (Å²) in [5.74, 6) is 0.853. The van der Waals surface area contributed by atoms with E-state index in [0.29, 0.717) is 21.5 Å². The molecule has 0 spiro atoms. The summed E-state index contributed by atoms with van der Waals surface area (Å²) in [4.78, 5) is 24.0. The van der Waals surface area contributed by atoms with Crippen molar-refractivity contribution in [3.05, 3.63) is 52.2 Å². The number of nitrogens with one attached hydrogen (secondary N) is 1. The maximum absolute atomic E-state index is 12.3. The van der Waals surface area contributed by atoms with Gasteiger partial charge in [-0.15, -0.1) is 21.5 Å². The molecule has 0 atom stereocenters. The summed E-state index contributed by atoms with van der Waals surface area (Å²) in [6, 6.07) is 7.61. The van der Waals surface area contributed by atoms with Crippen molar-refractivity contribution in [2.45, 2.75) is 25.6 Å². The molecule has 3 rings (SSSR count). The van der Waals surface area contributed by atoms with E-state index in [9.17, 15) is 9.59 Å². The lowest BCUT2D eigenvalue weighted by atomic mass is 10.1. The lowest BCUT2D eigenvalue weighted by Crippen LogP contribution is -2.16. The summed E-state index contributed by atoms with van der Waals surface area (Å²) >= 11 is 2.52. The average Bonchev–Trinajstić information content (AvgIpc) is 3.32. The minimum atomic E-state index is -0.485. The third kappa shape index (κ3) is 5.19. The Balaban J connectivity index is 1.55. The molecule has 0 radical (unpaired) electrons. The summed E-state index contributed by atoms with van der Waals surface area (Å²) in [5.41, 5.74) is 2.57. The number of carbonyl (C=O) groups is 2. The topological polar surface area (TPSA) is 95.3 Å². The number of methoxy groups -OCH3 is 1. The zero-order valence-electron chi connectivity index (χ0n) is 17.1. The summed E-state index contributed by atoms with van der Waals surface area (Å²) in [7, 11) is 3.13. The summed E-state index contributed by atoms with van der Waals surface area (Å²) in [6.45, 7) is 4.31. The highest BCUT2D eigenvalue weighted by molar-refractivity contribution is 7.99. The molecule has 1 amide bonds. The number of rotatable bonds is 8. The first-order valence-electron chi connectivity index (χ1n) is 9.05. The molecular weight excluding hydrogens is 424 g/mol. The molecule has 2 aromatic heterocycles.